The van der Waals surface area contributed by atoms with Crippen molar-refractivity contribution in [2.75, 3.05) is 10.7 Å². The zero-order chi connectivity index (χ0) is 14.5. The molecule has 20 heavy (non-hydrogen) atoms. The minimum Gasteiger partial charge on any atom is -0.362 e. The van der Waals surface area contributed by atoms with Crippen LogP contribution in [0.25, 0.3) is 0 Å². The van der Waals surface area contributed by atoms with Gasteiger partial charge in [0.2, 0.25) is 0 Å². The molecule has 0 amide bonds. The molecule has 108 valence electrons. The lowest BCUT2D eigenvalue weighted by atomic mass is 10.0. The number of nitrogen functional groups attached to an aromatic ring is 1. The third-order valence-corrected chi connectivity index (χ3v) is 3.05. The number of anilines is 2. The van der Waals surface area contributed by atoms with Crippen molar-refractivity contribution in [2.45, 2.75) is 39.8 Å². The van der Waals surface area contributed by atoms with Crippen LogP contribution >= 0.6 is 0 Å². The summed E-state index contributed by atoms with van der Waals surface area (Å²) < 4.78 is 1.98. The van der Waals surface area contributed by atoms with Crippen LogP contribution in [-0.2, 0) is 13.1 Å². The van der Waals surface area contributed by atoms with Crippen LogP contribution in [0.1, 0.15) is 38.1 Å². The van der Waals surface area contributed by atoms with Gasteiger partial charge in [0, 0.05) is 12.1 Å². The highest BCUT2D eigenvalue weighted by Crippen LogP contribution is 2.27. The maximum atomic E-state index is 5.50. The number of hydrogen-bond acceptors (Lipinski definition) is 7. The molecule has 0 unspecified atom stereocenters. The Morgan fingerprint density at radius 2 is 2.05 bits per heavy atom. The van der Waals surface area contributed by atoms with Gasteiger partial charge >= 0.3 is 0 Å². The minimum absolute atomic E-state index is 0.244. The zero-order valence-electron chi connectivity index (χ0n) is 12.0. The van der Waals surface area contributed by atoms with E-state index in [1.807, 2.05) is 11.5 Å². The number of hydrazine groups is 1. The third kappa shape index (κ3) is 2.85. The van der Waals surface area contributed by atoms with Gasteiger partial charge in [0.1, 0.15) is 24.3 Å². The number of rotatable bonds is 6. The quantitative estimate of drug-likeness (QED) is 0.536. The molecular weight excluding hydrogens is 256 g/mol. The monoisotopic (exact) mass is 276 g/mol. The molecule has 0 atom stereocenters. The molecule has 2 rings (SSSR count). The molecule has 2 heterocycles. The van der Waals surface area contributed by atoms with Crippen LogP contribution in [0.2, 0.25) is 0 Å². The molecule has 2 aromatic heterocycles. The van der Waals surface area contributed by atoms with Crippen LogP contribution in [0.5, 0.6) is 0 Å². The van der Waals surface area contributed by atoms with Crippen molar-refractivity contribution in [1.82, 2.24) is 24.7 Å². The normalized spacial score (nSPS) is 10.8. The van der Waals surface area contributed by atoms with E-state index in [9.17, 15) is 0 Å². The van der Waals surface area contributed by atoms with E-state index in [-0.39, 0.29) is 5.92 Å². The van der Waals surface area contributed by atoms with E-state index in [4.69, 9.17) is 5.84 Å². The molecule has 0 aliphatic carbocycles. The van der Waals surface area contributed by atoms with Crippen LogP contribution in [0.15, 0.2) is 12.7 Å². The highest BCUT2D eigenvalue weighted by molar-refractivity contribution is 5.58. The van der Waals surface area contributed by atoms with Gasteiger partial charge in [-0.25, -0.2) is 15.8 Å². The first-order chi connectivity index (χ1) is 9.67. The van der Waals surface area contributed by atoms with Crippen molar-refractivity contribution in [3.63, 3.8) is 0 Å². The maximum absolute atomic E-state index is 5.50. The van der Waals surface area contributed by atoms with Crippen molar-refractivity contribution >= 4 is 11.6 Å². The van der Waals surface area contributed by atoms with Gasteiger partial charge in [0.05, 0.1) is 6.54 Å². The summed E-state index contributed by atoms with van der Waals surface area (Å²) in [7, 11) is 0. The molecule has 0 aromatic carbocycles. The molecule has 2 aromatic rings. The van der Waals surface area contributed by atoms with Crippen molar-refractivity contribution in [3.05, 3.63) is 24.0 Å². The molecule has 0 bridgehead atoms. The average molecular weight is 276 g/mol. The Hall–Kier alpha value is -2.22. The van der Waals surface area contributed by atoms with E-state index in [1.54, 1.807) is 6.33 Å². The molecule has 0 aliphatic heterocycles. The zero-order valence-corrected chi connectivity index (χ0v) is 12.0. The second-order valence-corrected chi connectivity index (χ2v) is 4.67. The fourth-order valence-corrected chi connectivity index (χ4v) is 2.04. The number of nitrogens with one attached hydrogen (secondary N) is 2. The number of hydrogen-bond donors (Lipinski definition) is 3. The molecular formula is C12H20N8. The standard InChI is InChI=1S/C12H20N8/c1-4-20-7-17-19-9(20)5-14-11-10(8(2)3)12(18-13)16-6-15-11/h6-8H,4-5,13H2,1-3H3,(H2,14,15,16,18). The number of nitrogens with zero attached hydrogens (tertiary/aromatic N) is 5. The molecule has 8 nitrogen and oxygen atoms in total. The summed E-state index contributed by atoms with van der Waals surface area (Å²) in [5.41, 5.74) is 3.56. The lowest BCUT2D eigenvalue weighted by molar-refractivity contribution is 0.706. The van der Waals surface area contributed by atoms with Crippen molar-refractivity contribution in [1.29, 1.82) is 0 Å². The van der Waals surface area contributed by atoms with Crippen LogP contribution in [0.3, 0.4) is 0 Å². The smallest absolute Gasteiger partial charge is 0.152 e. The van der Waals surface area contributed by atoms with Crippen molar-refractivity contribution in [2.24, 2.45) is 5.84 Å². The largest absolute Gasteiger partial charge is 0.362 e. The summed E-state index contributed by atoms with van der Waals surface area (Å²) in [5.74, 6) is 8.00. The second kappa shape index (κ2) is 6.29. The van der Waals surface area contributed by atoms with Crippen LogP contribution in [0, 0.1) is 0 Å². The molecule has 0 saturated heterocycles. The lowest BCUT2D eigenvalue weighted by Gasteiger charge is -2.16. The minimum atomic E-state index is 0.244. The van der Waals surface area contributed by atoms with Crippen molar-refractivity contribution < 1.29 is 0 Å². The van der Waals surface area contributed by atoms with Gasteiger partial charge in [-0.05, 0) is 12.8 Å². The lowest BCUT2D eigenvalue weighted by Crippen LogP contribution is -2.16. The highest BCUT2D eigenvalue weighted by Gasteiger charge is 2.14. The van der Waals surface area contributed by atoms with Gasteiger partial charge in [0.25, 0.3) is 0 Å². The van der Waals surface area contributed by atoms with Crippen LogP contribution < -0.4 is 16.6 Å². The van der Waals surface area contributed by atoms with E-state index >= 15 is 0 Å². The SMILES string of the molecule is CCn1cnnc1CNc1ncnc(NN)c1C(C)C. The summed E-state index contributed by atoms with van der Waals surface area (Å²) in [4.78, 5) is 8.43. The van der Waals surface area contributed by atoms with Gasteiger partial charge in [-0.3, -0.25) is 0 Å². The molecule has 4 N–H and O–H groups in total. The van der Waals surface area contributed by atoms with E-state index < -0.39 is 0 Å². The maximum Gasteiger partial charge on any atom is 0.152 e. The summed E-state index contributed by atoms with van der Waals surface area (Å²) in [6.07, 6.45) is 3.20. The molecule has 0 spiro atoms. The Balaban J connectivity index is 2.21. The Kier molecular flexibility index (Phi) is 4.46. The summed E-state index contributed by atoms with van der Waals surface area (Å²) in [5, 5.41) is 11.3. The first-order valence-corrected chi connectivity index (χ1v) is 6.59. The Bertz CT molecular complexity index is 562. The van der Waals surface area contributed by atoms with Crippen LogP contribution in [-0.4, -0.2) is 24.7 Å². The van der Waals surface area contributed by atoms with E-state index in [0.717, 1.165) is 23.8 Å². The topological polar surface area (TPSA) is 107 Å². The Labute approximate surface area is 117 Å². The van der Waals surface area contributed by atoms with Crippen LogP contribution in [0.4, 0.5) is 11.6 Å². The fourth-order valence-electron chi connectivity index (χ4n) is 2.04. The Morgan fingerprint density at radius 3 is 2.70 bits per heavy atom. The van der Waals surface area contributed by atoms with Gasteiger partial charge in [-0.2, -0.15) is 0 Å². The number of aromatic nitrogens is 5. The first kappa shape index (κ1) is 14.2. The molecule has 0 radical (unpaired) electrons. The predicted molar refractivity (Wildman–Crippen MR) is 77.0 cm³/mol. The third-order valence-electron chi connectivity index (χ3n) is 3.05. The highest BCUT2D eigenvalue weighted by atomic mass is 15.3. The second-order valence-electron chi connectivity index (χ2n) is 4.67. The number of aryl methyl sites for hydroxylation is 1. The first-order valence-electron chi connectivity index (χ1n) is 6.59. The van der Waals surface area contributed by atoms with Gasteiger partial charge < -0.3 is 15.3 Å². The summed E-state index contributed by atoms with van der Waals surface area (Å²) >= 11 is 0. The molecule has 0 aliphatic rings. The van der Waals surface area contributed by atoms with E-state index in [0.29, 0.717) is 12.4 Å². The Morgan fingerprint density at radius 1 is 1.30 bits per heavy atom. The van der Waals surface area contributed by atoms with E-state index in [2.05, 4.69) is 44.8 Å². The molecule has 8 heteroatoms. The summed E-state index contributed by atoms with van der Waals surface area (Å²) in [6, 6.07) is 0. The fraction of sp³-hybridized carbons (Fsp3) is 0.500. The average Bonchev–Trinajstić information content (AvgIpc) is 2.91. The van der Waals surface area contributed by atoms with Crippen molar-refractivity contribution in [3.8, 4) is 0 Å². The van der Waals surface area contributed by atoms with Gasteiger partial charge in [-0.1, -0.05) is 13.8 Å². The van der Waals surface area contributed by atoms with Gasteiger partial charge in [-0.15, -0.1) is 10.2 Å². The summed E-state index contributed by atoms with van der Waals surface area (Å²) in [6.45, 7) is 7.57. The molecule has 0 saturated carbocycles. The number of nitrogens with two attached hydrogens (primary N) is 1. The van der Waals surface area contributed by atoms with Gasteiger partial charge in [0.15, 0.2) is 5.82 Å². The predicted octanol–water partition coefficient (Wildman–Crippen LogP) is 1.11. The van der Waals surface area contributed by atoms with E-state index in [1.165, 1.54) is 6.33 Å². The molecule has 0 fully saturated rings.